The molecular formula is C9H16N2O4. The van der Waals surface area contributed by atoms with Crippen LogP contribution in [0.25, 0.3) is 0 Å². The summed E-state index contributed by atoms with van der Waals surface area (Å²) in [5, 5.41) is 11.4. The Morgan fingerprint density at radius 2 is 2.20 bits per heavy atom. The van der Waals surface area contributed by atoms with Crippen LogP contribution < -0.4 is 5.32 Å². The number of carboxylic acid groups (broad SMARTS) is 1. The van der Waals surface area contributed by atoms with Gasteiger partial charge in [0.15, 0.2) is 0 Å². The second kappa shape index (κ2) is 5.09. The highest BCUT2D eigenvalue weighted by molar-refractivity contribution is 5.81. The van der Waals surface area contributed by atoms with Crippen LogP contribution >= 0.6 is 0 Å². The third-order valence-corrected chi connectivity index (χ3v) is 2.27. The summed E-state index contributed by atoms with van der Waals surface area (Å²) in [6.45, 7) is 0.215. The van der Waals surface area contributed by atoms with E-state index in [0.717, 1.165) is 0 Å². The lowest BCUT2D eigenvalue weighted by atomic mass is 10.2. The Balaban J connectivity index is 2.32. The van der Waals surface area contributed by atoms with Gasteiger partial charge in [-0.1, -0.05) is 0 Å². The predicted octanol–water partition coefficient (Wildman–Crippen LogP) is -1.09. The Morgan fingerprint density at radius 1 is 1.53 bits per heavy atom. The Morgan fingerprint density at radius 3 is 2.73 bits per heavy atom. The fourth-order valence-corrected chi connectivity index (χ4v) is 1.52. The molecule has 0 aliphatic carbocycles. The summed E-state index contributed by atoms with van der Waals surface area (Å²) >= 11 is 0. The van der Waals surface area contributed by atoms with E-state index >= 15 is 0 Å². The monoisotopic (exact) mass is 216 g/mol. The molecular weight excluding hydrogens is 200 g/mol. The van der Waals surface area contributed by atoms with Crippen molar-refractivity contribution in [3.63, 3.8) is 0 Å². The molecule has 2 atom stereocenters. The van der Waals surface area contributed by atoms with Gasteiger partial charge in [-0.15, -0.1) is 0 Å². The van der Waals surface area contributed by atoms with Gasteiger partial charge in [-0.2, -0.15) is 0 Å². The highest BCUT2D eigenvalue weighted by Crippen LogP contribution is 2.11. The number of hydrogen-bond acceptors (Lipinski definition) is 4. The normalized spacial score (nSPS) is 25.2. The number of ether oxygens (including phenoxy) is 1. The first-order chi connectivity index (χ1) is 7.00. The number of carbonyl (C=O) groups excluding carboxylic acids is 1. The van der Waals surface area contributed by atoms with E-state index in [0.29, 0.717) is 13.0 Å². The molecule has 1 heterocycles. The number of hydrogen-bond donors (Lipinski definition) is 2. The Labute approximate surface area is 88.2 Å². The zero-order valence-electron chi connectivity index (χ0n) is 8.90. The van der Waals surface area contributed by atoms with Gasteiger partial charge < -0.3 is 20.1 Å². The van der Waals surface area contributed by atoms with Crippen LogP contribution in [-0.2, 0) is 14.3 Å². The third-order valence-electron chi connectivity index (χ3n) is 2.27. The number of rotatable bonds is 4. The molecule has 0 saturated carbocycles. The van der Waals surface area contributed by atoms with Gasteiger partial charge in [0.2, 0.25) is 5.91 Å². The molecule has 86 valence electrons. The second-order valence-corrected chi connectivity index (χ2v) is 3.76. The number of carboxylic acids is 1. The van der Waals surface area contributed by atoms with Crippen molar-refractivity contribution in [2.45, 2.75) is 18.6 Å². The third kappa shape index (κ3) is 3.49. The fourth-order valence-electron chi connectivity index (χ4n) is 1.52. The lowest BCUT2D eigenvalue weighted by Crippen LogP contribution is -2.39. The number of nitrogens with one attached hydrogen (secondary N) is 1. The van der Waals surface area contributed by atoms with Crippen LogP contribution in [-0.4, -0.2) is 61.3 Å². The van der Waals surface area contributed by atoms with Crippen LogP contribution in [0.2, 0.25) is 0 Å². The van der Waals surface area contributed by atoms with Gasteiger partial charge in [0.05, 0.1) is 12.1 Å². The molecule has 6 heteroatoms. The zero-order valence-corrected chi connectivity index (χ0v) is 8.90. The molecule has 1 aliphatic heterocycles. The summed E-state index contributed by atoms with van der Waals surface area (Å²) in [4.78, 5) is 23.3. The molecule has 2 N–H and O–H groups in total. The molecule has 1 aliphatic rings. The lowest BCUT2D eigenvalue weighted by Gasteiger charge is -2.15. The minimum absolute atomic E-state index is 0.00331. The minimum atomic E-state index is -0.989. The van der Waals surface area contributed by atoms with Crippen LogP contribution in [0.3, 0.4) is 0 Å². The molecule has 0 aromatic carbocycles. The van der Waals surface area contributed by atoms with Gasteiger partial charge in [0.25, 0.3) is 0 Å². The first kappa shape index (κ1) is 11.9. The number of amides is 1. The van der Waals surface area contributed by atoms with Gasteiger partial charge in [-0.25, -0.2) is 4.79 Å². The second-order valence-electron chi connectivity index (χ2n) is 3.76. The van der Waals surface area contributed by atoms with Gasteiger partial charge >= 0.3 is 5.97 Å². The number of carbonyl (C=O) groups is 2. The van der Waals surface area contributed by atoms with Crippen molar-refractivity contribution in [3.8, 4) is 0 Å². The standard InChI is InChI=1S/C9H16N2O4/c1-11(2)9(14)7-3-6(4-10-7)15-5-8(12)13/h6-7,10H,3-5H2,1-2H3,(H,12,13)/t6-,7+/m1/s1. The van der Waals surface area contributed by atoms with E-state index in [-0.39, 0.29) is 24.7 Å². The predicted molar refractivity (Wildman–Crippen MR) is 52.5 cm³/mol. The van der Waals surface area contributed by atoms with E-state index in [1.165, 1.54) is 4.90 Å². The average Bonchev–Trinajstić information content (AvgIpc) is 2.61. The first-order valence-corrected chi connectivity index (χ1v) is 4.78. The van der Waals surface area contributed by atoms with Crippen molar-refractivity contribution in [2.75, 3.05) is 27.2 Å². The molecule has 0 unspecified atom stereocenters. The SMILES string of the molecule is CN(C)C(=O)[C@@H]1C[C@@H](OCC(=O)O)CN1. The van der Waals surface area contributed by atoms with Crippen LogP contribution in [0.5, 0.6) is 0 Å². The molecule has 0 radical (unpaired) electrons. The van der Waals surface area contributed by atoms with E-state index < -0.39 is 5.97 Å². The zero-order chi connectivity index (χ0) is 11.4. The largest absolute Gasteiger partial charge is 0.480 e. The maximum absolute atomic E-state index is 11.5. The van der Waals surface area contributed by atoms with Crippen molar-refractivity contribution in [3.05, 3.63) is 0 Å². The molecule has 1 fully saturated rings. The van der Waals surface area contributed by atoms with Gasteiger partial charge in [0, 0.05) is 20.6 Å². The van der Waals surface area contributed by atoms with E-state index in [4.69, 9.17) is 9.84 Å². The number of nitrogens with zero attached hydrogens (tertiary/aromatic N) is 1. The van der Waals surface area contributed by atoms with Crippen LogP contribution in [0, 0.1) is 0 Å². The molecule has 0 spiro atoms. The Bertz CT molecular complexity index is 254. The van der Waals surface area contributed by atoms with Gasteiger partial charge in [0.1, 0.15) is 6.61 Å². The maximum Gasteiger partial charge on any atom is 0.329 e. The van der Waals surface area contributed by atoms with Gasteiger partial charge in [-0.05, 0) is 6.42 Å². The van der Waals surface area contributed by atoms with Gasteiger partial charge in [-0.3, -0.25) is 4.79 Å². The molecule has 1 rings (SSSR count). The molecule has 0 bridgehead atoms. The highest BCUT2D eigenvalue weighted by Gasteiger charge is 2.30. The Kier molecular flexibility index (Phi) is 4.05. The van der Waals surface area contributed by atoms with Crippen LogP contribution in [0.15, 0.2) is 0 Å². The summed E-state index contributed by atoms with van der Waals surface area (Å²) in [6, 6.07) is -0.251. The van der Waals surface area contributed by atoms with Crippen molar-refractivity contribution in [2.24, 2.45) is 0 Å². The Hall–Kier alpha value is -1.14. The molecule has 15 heavy (non-hydrogen) atoms. The number of aliphatic carboxylic acids is 1. The van der Waals surface area contributed by atoms with Crippen molar-refractivity contribution in [1.82, 2.24) is 10.2 Å². The number of likely N-dealkylation sites (N-methyl/N-ethyl adjacent to an activating group) is 1. The van der Waals surface area contributed by atoms with Crippen molar-refractivity contribution in [1.29, 1.82) is 0 Å². The molecule has 0 aromatic heterocycles. The lowest BCUT2D eigenvalue weighted by molar-refractivity contribution is -0.144. The van der Waals surface area contributed by atoms with Crippen LogP contribution in [0.1, 0.15) is 6.42 Å². The van der Waals surface area contributed by atoms with Crippen LogP contribution in [0.4, 0.5) is 0 Å². The molecule has 6 nitrogen and oxygen atoms in total. The van der Waals surface area contributed by atoms with E-state index in [9.17, 15) is 9.59 Å². The highest BCUT2D eigenvalue weighted by atomic mass is 16.5. The summed E-state index contributed by atoms with van der Waals surface area (Å²) in [5.74, 6) is -0.992. The fraction of sp³-hybridized carbons (Fsp3) is 0.778. The van der Waals surface area contributed by atoms with E-state index in [1.54, 1.807) is 14.1 Å². The summed E-state index contributed by atoms with van der Waals surface area (Å²) in [7, 11) is 3.38. The van der Waals surface area contributed by atoms with E-state index in [1.807, 2.05) is 0 Å². The minimum Gasteiger partial charge on any atom is -0.480 e. The average molecular weight is 216 g/mol. The smallest absolute Gasteiger partial charge is 0.329 e. The van der Waals surface area contributed by atoms with Crippen molar-refractivity contribution >= 4 is 11.9 Å². The summed E-state index contributed by atoms with van der Waals surface area (Å²) in [5.41, 5.74) is 0. The summed E-state index contributed by atoms with van der Waals surface area (Å²) < 4.78 is 5.09. The van der Waals surface area contributed by atoms with Crippen molar-refractivity contribution < 1.29 is 19.4 Å². The maximum atomic E-state index is 11.5. The summed E-state index contributed by atoms with van der Waals surface area (Å²) in [6.07, 6.45) is 0.347. The quantitative estimate of drug-likeness (QED) is 0.624. The molecule has 1 saturated heterocycles. The topological polar surface area (TPSA) is 78.9 Å². The molecule has 0 aromatic rings. The van der Waals surface area contributed by atoms with E-state index in [2.05, 4.69) is 5.32 Å². The molecule has 1 amide bonds. The first-order valence-electron chi connectivity index (χ1n) is 4.78.